The molecule has 7 nitrogen and oxygen atoms in total. The highest BCUT2D eigenvalue weighted by Crippen LogP contribution is 2.25. The number of rotatable bonds is 4. The van der Waals surface area contributed by atoms with Gasteiger partial charge in [-0.05, 0) is 66.7 Å². The molecule has 1 aliphatic heterocycles. The third-order valence-corrected chi connectivity index (χ3v) is 5.14. The van der Waals surface area contributed by atoms with Crippen molar-refractivity contribution in [3.8, 4) is 11.4 Å². The fraction of sp³-hybridized carbons (Fsp3) is 0.0455. The van der Waals surface area contributed by atoms with Crippen molar-refractivity contribution in [1.29, 1.82) is 0 Å². The number of hydrogen-bond donors (Lipinski definition) is 1. The third kappa shape index (κ3) is 3.65. The zero-order chi connectivity index (χ0) is 21.3. The Morgan fingerprint density at radius 1 is 0.933 bits per heavy atom. The van der Waals surface area contributed by atoms with Gasteiger partial charge in [0.25, 0.3) is 11.8 Å². The van der Waals surface area contributed by atoms with Crippen LogP contribution in [0.25, 0.3) is 11.8 Å². The quantitative estimate of drug-likeness (QED) is 0.467. The second-order valence-corrected chi connectivity index (χ2v) is 7.35. The molecule has 1 aromatic heterocycles. The van der Waals surface area contributed by atoms with Gasteiger partial charge in [0.15, 0.2) is 0 Å². The van der Waals surface area contributed by atoms with E-state index in [1.165, 1.54) is 6.08 Å². The summed E-state index contributed by atoms with van der Waals surface area (Å²) in [7, 11) is 1.59. The van der Waals surface area contributed by atoms with Crippen molar-refractivity contribution < 1.29 is 19.1 Å². The summed E-state index contributed by atoms with van der Waals surface area (Å²) in [4.78, 5) is 38.7. The van der Waals surface area contributed by atoms with Crippen LogP contribution in [0.5, 0.6) is 5.75 Å². The number of carbonyl (C=O) groups excluding carboxylic acids is 3. The number of barbiturate groups is 1. The van der Waals surface area contributed by atoms with Crippen molar-refractivity contribution in [2.24, 2.45) is 0 Å². The summed E-state index contributed by atoms with van der Waals surface area (Å²) < 4.78 is 7.81. The van der Waals surface area contributed by atoms with Crippen molar-refractivity contribution in [2.45, 2.75) is 0 Å². The maximum Gasteiger partial charge on any atom is 0.335 e. The molecule has 0 spiro atoms. The Bertz CT molecular complexity index is 1160. The van der Waals surface area contributed by atoms with Gasteiger partial charge in [-0.2, -0.15) is 0 Å². The van der Waals surface area contributed by atoms with Crippen LogP contribution in [0.15, 0.2) is 76.9 Å². The molecule has 0 radical (unpaired) electrons. The molecule has 1 N–H and O–H groups in total. The fourth-order valence-electron chi connectivity index (χ4n) is 3.12. The lowest BCUT2D eigenvalue weighted by Gasteiger charge is -2.26. The third-order valence-electron chi connectivity index (χ3n) is 4.61. The Hall–Kier alpha value is -3.65. The molecule has 1 fully saturated rings. The van der Waals surface area contributed by atoms with Crippen molar-refractivity contribution in [1.82, 2.24) is 9.88 Å². The SMILES string of the molecule is COc1ccc(-n2cccc2C=C2C(=O)NC(=O)N(c3ccc(Br)cc3)C2=O)cc1. The Balaban J connectivity index is 1.71. The molecule has 3 aromatic rings. The van der Waals surface area contributed by atoms with Crippen LogP contribution in [0.2, 0.25) is 0 Å². The summed E-state index contributed by atoms with van der Waals surface area (Å²) >= 11 is 3.32. The van der Waals surface area contributed by atoms with Crippen molar-refractivity contribution in [3.05, 3.63) is 82.6 Å². The molecular weight excluding hydrogens is 450 g/mol. The van der Waals surface area contributed by atoms with Gasteiger partial charge in [0.05, 0.1) is 12.8 Å². The van der Waals surface area contributed by atoms with E-state index in [2.05, 4.69) is 21.2 Å². The van der Waals surface area contributed by atoms with E-state index >= 15 is 0 Å². The average molecular weight is 466 g/mol. The lowest BCUT2D eigenvalue weighted by atomic mass is 10.1. The van der Waals surface area contributed by atoms with Crippen LogP contribution < -0.4 is 15.0 Å². The number of nitrogens with one attached hydrogen (secondary N) is 1. The number of halogens is 1. The summed E-state index contributed by atoms with van der Waals surface area (Å²) in [6.45, 7) is 0. The zero-order valence-electron chi connectivity index (χ0n) is 15.8. The number of imide groups is 2. The predicted molar refractivity (Wildman–Crippen MR) is 115 cm³/mol. The zero-order valence-corrected chi connectivity index (χ0v) is 17.4. The maximum absolute atomic E-state index is 13.0. The van der Waals surface area contributed by atoms with Gasteiger partial charge in [0.1, 0.15) is 11.3 Å². The monoisotopic (exact) mass is 465 g/mol. The van der Waals surface area contributed by atoms with E-state index < -0.39 is 17.8 Å². The van der Waals surface area contributed by atoms with Crippen LogP contribution in [0.1, 0.15) is 5.69 Å². The van der Waals surface area contributed by atoms with Gasteiger partial charge in [0.2, 0.25) is 0 Å². The van der Waals surface area contributed by atoms with Crippen LogP contribution in [-0.4, -0.2) is 29.5 Å². The number of anilines is 1. The molecule has 4 rings (SSSR count). The summed E-state index contributed by atoms with van der Waals surface area (Å²) in [5.41, 5.74) is 1.68. The van der Waals surface area contributed by atoms with Crippen molar-refractivity contribution >= 4 is 45.5 Å². The van der Waals surface area contributed by atoms with Gasteiger partial charge < -0.3 is 9.30 Å². The molecule has 0 aliphatic carbocycles. The first-order valence-corrected chi connectivity index (χ1v) is 9.76. The van der Waals surface area contributed by atoms with Crippen LogP contribution >= 0.6 is 15.9 Å². The highest BCUT2D eigenvalue weighted by atomic mass is 79.9. The van der Waals surface area contributed by atoms with E-state index in [1.807, 2.05) is 35.0 Å². The Morgan fingerprint density at radius 3 is 2.27 bits per heavy atom. The number of benzene rings is 2. The Labute approximate surface area is 180 Å². The fourth-order valence-corrected chi connectivity index (χ4v) is 3.38. The van der Waals surface area contributed by atoms with Crippen LogP contribution in [-0.2, 0) is 9.59 Å². The number of methoxy groups -OCH3 is 1. The number of amides is 4. The van der Waals surface area contributed by atoms with Gasteiger partial charge in [-0.25, -0.2) is 9.69 Å². The van der Waals surface area contributed by atoms with E-state index in [1.54, 1.807) is 43.5 Å². The van der Waals surface area contributed by atoms with E-state index in [4.69, 9.17) is 4.74 Å². The minimum atomic E-state index is -0.782. The first-order chi connectivity index (χ1) is 14.5. The molecular formula is C22H16BrN3O4. The maximum atomic E-state index is 13.0. The molecule has 0 bridgehead atoms. The van der Waals surface area contributed by atoms with E-state index in [0.717, 1.165) is 20.8 Å². The summed E-state index contributed by atoms with van der Waals surface area (Å²) in [6.07, 6.45) is 3.29. The minimum Gasteiger partial charge on any atom is -0.497 e. The summed E-state index contributed by atoms with van der Waals surface area (Å²) in [5, 5.41) is 2.23. The number of urea groups is 1. The lowest BCUT2D eigenvalue weighted by Crippen LogP contribution is -2.54. The Morgan fingerprint density at radius 2 is 1.60 bits per heavy atom. The van der Waals surface area contributed by atoms with Gasteiger partial charge in [0, 0.05) is 22.1 Å². The van der Waals surface area contributed by atoms with Gasteiger partial charge >= 0.3 is 6.03 Å². The standard InChI is InChI=1S/C22H16BrN3O4/c1-30-18-10-8-15(9-11-18)25-12-2-3-17(25)13-19-20(27)24-22(29)26(21(19)28)16-6-4-14(23)5-7-16/h2-13H,1H3,(H,24,27,29). The van der Waals surface area contributed by atoms with Crippen LogP contribution in [0, 0.1) is 0 Å². The smallest absolute Gasteiger partial charge is 0.335 e. The number of hydrogen-bond acceptors (Lipinski definition) is 4. The number of ether oxygens (including phenoxy) is 1. The number of aromatic nitrogens is 1. The average Bonchev–Trinajstić information content (AvgIpc) is 3.20. The highest BCUT2D eigenvalue weighted by Gasteiger charge is 2.36. The molecule has 2 heterocycles. The Kier molecular flexibility index (Phi) is 5.24. The van der Waals surface area contributed by atoms with E-state index in [-0.39, 0.29) is 5.57 Å². The topological polar surface area (TPSA) is 80.6 Å². The van der Waals surface area contributed by atoms with Crippen molar-refractivity contribution in [3.63, 3.8) is 0 Å². The molecule has 0 unspecified atom stereocenters. The van der Waals surface area contributed by atoms with Crippen molar-refractivity contribution in [2.75, 3.05) is 12.0 Å². The molecule has 30 heavy (non-hydrogen) atoms. The van der Waals surface area contributed by atoms with Gasteiger partial charge in [-0.15, -0.1) is 0 Å². The van der Waals surface area contributed by atoms with Gasteiger partial charge in [-0.3, -0.25) is 14.9 Å². The predicted octanol–water partition coefficient (Wildman–Crippen LogP) is 3.91. The number of carbonyl (C=O) groups is 3. The summed E-state index contributed by atoms with van der Waals surface area (Å²) in [5.74, 6) is -0.703. The van der Waals surface area contributed by atoms with Crippen LogP contribution in [0.4, 0.5) is 10.5 Å². The van der Waals surface area contributed by atoms with E-state index in [9.17, 15) is 14.4 Å². The largest absolute Gasteiger partial charge is 0.497 e. The number of nitrogens with zero attached hydrogens (tertiary/aromatic N) is 2. The molecule has 1 aliphatic rings. The lowest BCUT2D eigenvalue weighted by molar-refractivity contribution is -0.122. The van der Waals surface area contributed by atoms with E-state index in [0.29, 0.717) is 11.4 Å². The first kappa shape index (κ1) is 19.7. The molecule has 2 aromatic carbocycles. The second kappa shape index (κ2) is 8.00. The van der Waals surface area contributed by atoms with Gasteiger partial charge in [-0.1, -0.05) is 15.9 Å². The highest BCUT2D eigenvalue weighted by molar-refractivity contribution is 9.10. The molecule has 150 valence electrons. The minimum absolute atomic E-state index is 0.133. The van der Waals surface area contributed by atoms with Crippen LogP contribution in [0.3, 0.4) is 0 Å². The normalized spacial score (nSPS) is 15.5. The second-order valence-electron chi connectivity index (χ2n) is 6.44. The molecule has 4 amide bonds. The molecule has 1 saturated heterocycles. The molecule has 8 heteroatoms. The summed E-state index contributed by atoms with van der Waals surface area (Å²) in [6, 6.07) is 16.8. The first-order valence-electron chi connectivity index (χ1n) is 8.97. The molecule has 0 atom stereocenters. The molecule has 0 saturated carbocycles.